The molecule has 1 fully saturated rings. The van der Waals surface area contributed by atoms with Crippen LogP contribution < -0.4 is 5.32 Å². The molecule has 1 aromatic rings. The molecule has 2 rings (SSSR count). The van der Waals surface area contributed by atoms with Gasteiger partial charge in [-0.1, -0.05) is 24.6 Å². The third-order valence-corrected chi connectivity index (χ3v) is 4.91. The first kappa shape index (κ1) is 19.6. The molecule has 1 N–H and O–H groups in total. The van der Waals surface area contributed by atoms with Gasteiger partial charge in [-0.05, 0) is 46.8 Å². The zero-order chi connectivity index (χ0) is 15.1. The van der Waals surface area contributed by atoms with E-state index in [4.69, 9.17) is 0 Å². The molecule has 1 aliphatic heterocycles. The SMILES string of the molecule is C=CCCCC[C@@H](c1cccc(F)c1Br)N1CCNCC1.Cl. The molecule has 0 spiro atoms. The average molecular weight is 392 g/mol. The predicted molar refractivity (Wildman–Crippen MR) is 97.2 cm³/mol. The molecule has 1 saturated heterocycles. The van der Waals surface area contributed by atoms with E-state index < -0.39 is 0 Å². The normalized spacial score (nSPS) is 16.8. The number of piperazine rings is 1. The van der Waals surface area contributed by atoms with Crippen molar-refractivity contribution in [3.05, 3.63) is 46.7 Å². The van der Waals surface area contributed by atoms with Crippen LogP contribution in [0.2, 0.25) is 0 Å². The van der Waals surface area contributed by atoms with Gasteiger partial charge < -0.3 is 5.32 Å². The second kappa shape index (κ2) is 10.4. The number of nitrogens with zero attached hydrogens (tertiary/aromatic N) is 1. The quantitative estimate of drug-likeness (QED) is 0.535. The largest absolute Gasteiger partial charge is 0.314 e. The maximum absolute atomic E-state index is 13.9. The molecule has 1 aromatic carbocycles. The molecule has 2 nitrogen and oxygen atoms in total. The summed E-state index contributed by atoms with van der Waals surface area (Å²) in [6.07, 6.45) is 6.38. The first-order valence-electron chi connectivity index (χ1n) is 7.73. The number of benzene rings is 1. The highest BCUT2D eigenvalue weighted by atomic mass is 79.9. The number of halogens is 3. The molecule has 0 amide bonds. The maximum atomic E-state index is 13.9. The molecular weight excluding hydrogens is 367 g/mol. The van der Waals surface area contributed by atoms with Gasteiger partial charge in [0.2, 0.25) is 0 Å². The Morgan fingerprint density at radius 2 is 2.05 bits per heavy atom. The molecule has 1 atom stereocenters. The summed E-state index contributed by atoms with van der Waals surface area (Å²) in [7, 11) is 0. The number of unbranched alkanes of at least 4 members (excludes halogenated alkanes) is 2. The van der Waals surface area contributed by atoms with Crippen LogP contribution in [0.3, 0.4) is 0 Å². The first-order valence-corrected chi connectivity index (χ1v) is 8.53. The standard InChI is InChI=1S/C17H24BrFN2.ClH/c1-2-3-4-5-9-16(21-12-10-20-11-13-21)14-7-6-8-15(19)17(14)18;/h2,6-8,16,20H,1,3-5,9-13H2;1H/t16-;/m0./s1. The molecule has 5 heteroatoms. The summed E-state index contributed by atoms with van der Waals surface area (Å²) in [6.45, 7) is 7.84. The fourth-order valence-electron chi connectivity index (χ4n) is 2.93. The van der Waals surface area contributed by atoms with Gasteiger partial charge in [-0.15, -0.1) is 19.0 Å². The topological polar surface area (TPSA) is 15.3 Å². The summed E-state index contributed by atoms with van der Waals surface area (Å²) in [5.41, 5.74) is 1.08. The van der Waals surface area contributed by atoms with E-state index in [1.54, 1.807) is 0 Å². The number of allylic oxidation sites excluding steroid dienone is 1. The Bertz CT molecular complexity index is 464. The van der Waals surface area contributed by atoms with E-state index in [0.717, 1.165) is 57.4 Å². The van der Waals surface area contributed by atoms with Crippen LogP contribution >= 0.6 is 28.3 Å². The van der Waals surface area contributed by atoms with E-state index in [1.165, 1.54) is 6.07 Å². The van der Waals surface area contributed by atoms with Crippen LogP contribution in [0.5, 0.6) is 0 Å². The van der Waals surface area contributed by atoms with Gasteiger partial charge in [-0.25, -0.2) is 4.39 Å². The second-order valence-corrected chi connectivity index (χ2v) is 6.31. The zero-order valence-corrected chi connectivity index (χ0v) is 15.3. The summed E-state index contributed by atoms with van der Waals surface area (Å²) in [5, 5.41) is 3.38. The molecule has 1 heterocycles. The molecule has 0 bridgehead atoms. The van der Waals surface area contributed by atoms with Crippen LogP contribution in [-0.4, -0.2) is 31.1 Å². The zero-order valence-electron chi connectivity index (χ0n) is 12.9. The fraction of sp³-hybridized carbons (Fsp3) is 0.529. The van der Waals surface area contributed by atoms with E-state index in [1.807, 2.05) is 18.2 Å². The van der Waals surface area contributed by atoms with Gasteiger partial charge in [-0.3, -0.25) is 4.90 Å². The molecule has 0 aromatic heterocycles. The van der Waals surface area contributed by atoms with E-state index in [-0.39, 0.29) is 18.2 Å². The van der Waals surface area contributed by atoms with E-state index in [0.29, 0.717) is 10.5 Å². The molecule has 22 heavy (non-hydrogen) atoms. The van der Waals surface area contributed by atoms with Gasteiger partial charge in [0.1, 0.15) is 5.82 Å². The van der Waals surface area contributed by atoms with Gasteiger partial charge in [0, 0.05) is 32.2 Å². The molecular formula is C17H25BrClFN2. The number of hydrogen-bond acceptors (Lipinski definition) is 2. The van der Waals surface area contributed by atoms with Crippen LogP contribution in [0.4, 0.5) is 4.39 Å². The van der Waals surface area contributed by atoms with Gasteiger partial charge in [0.25, 0.3) is 0 Å². The third-order valence-electron chi connectivity index (χ3n) is 4.07. The van der Waals surface area contributed by atoms with Crippen molar-refractivity contribution in [1.29, 1.82) is 0 Å². The van der Waals surface area contributed by atoms with Crippen LogP contribution in [-0.2, 0) is 0 Å². The number of hydrogen-bond donors (Lipinski definition) is 1. The number of nitrogens with one attached hydrogen (secondary N) is 1. The van der Waals surface area contributed by atoms with Crippen LogP contribution in [0.15, 0.2) is 35.3 Å². The monoisotopic (exact) mass is 390 g/mol. The lowest BCUT2D eigenvalue weighted by molar-refractivity contribution is 0.162. The van der Waals surface area contributed by atoms with Crippen molar-refractivity contribution in [2.45, 2.75) is 31.7 Å². The summed E-state index contributed by atoms with van der Waals surface area (Å²) >= 11 is 3.44. The van der Waals surface area contributed by atoms with Gasteiger partial charge >= 0.3 is 0 Å². The van der Waals surface area contributed by atoms with Crippen molar-refractivity contribution >= 4 is 28.3 Å². The summed E-state index contributed by atoms with van der Waals surface area (Å²) in [6, 6.07) is 5.67. The Kier molecular flexibility index (Phi) is 9.25. The molecule has 1 aliphatic rings. The summed E-state index contributed by atoms with van der Waals surface area (Å²) in [5.74, 6) is -0.168. The Labute approximate surface area is 147 Å². The lowest BCUT2D eigenvalue weighted by atomic mass is 9.98. The van der Waals surface area contributed by atoms with Crippen LogP contribution in [0.1, 0.15) is 37.3 Å². The van der Waals surface area contributed by atoms with Gasteiger partial charge in [0.15, 0.2) is 0 Å². The maximum Gasteiger partial charge on any atom is 0.137 e. The third kappa shape index (κ3) is 5.34. The lowest BCUT2D eigenvalue weighted by Gasteiger charge is -2.36. The molecule has 124 valence electrons. The van der Waals surface area contributed by atoms with E-state index in [9.17, 15) is 4.39 Å². The Balaban J connectivity index is 0.00000242. The Morgan fingerprint density at radius 1 is 1.32 bits per heavy atom. The highest BCUT2D eigenvalue weighted by Gasteiger charge is 2.24. The average Bonchev–Trinajstić information content (AvgIpc) is 2.52. The summed E-state index contributed by atoms with van der Waals surface area (Å²) < 4.78 is 14.5. The molecule has 0 aliphatic carbocycles. The molecule has 0 unspecified atom stereocenters. The molecule has 0 saturated carbocycles. The smallest absolute Gasteiger partial charge is 0.137 e. The fourth-order valence-corrected chi connectivity index (χ4v) is 3.46. The van der Waals surface area contributed by atoms with Crippen molar-refractivity contribution < 1.29 is 4.39 Å². The number of rotatable bonds is 7. The van der Waals surface area contributed by atoms with E-state index in [2.05, 4.69) is 32.7 Å². The summed E-state index contributed by atoms with van der Waals surface area (Å²) in [4.78, 5) is 2.48. The van der Waals surface area contributed by atoms with Gasteiger partial charge in [-0.2, -0.15) is 0 Å². The van der Waals surface area contributed by atoms with E-state index >= 15 is 0 Å². The molecule has 0 radical (unpaired) electrons. The lowest BCUT2D eigenvalue weighted by Crippen LogP contribution is -2.45. The minimum atomic E-state index is -0.168. The van der Waals surface area contributed by atoms with Gasteiger partial charge in [0.05, 0.1) is 4.47 Å². The van der Waals surface area contributed by atoms with Crippen molar-refractivity contribution in [3.8, 4) is 0 Å². The van der Waals surface area contributed by atoms with Crippen LogP contribution in [0, 0.1) is 5.82 Å². The van der Waals surface area contributed by atoms with Crippen molar-refractivity contribution in [3.63, 3.8) is 0 Å². The Hall–Kier alpha value is -0.420. The predicted octanol–water partition coefficient (Wildman–Crippen LogP) is 4.70. The van der Waals surface area contributed by atoms with Crippen molar-refractivity contribution in [2.24, 2.45) is 0 Å². The van der Waals surface area contributed by atoms with Crippen molar-refractivity contribution in [2.75, 3.05) is 26.2 Å². The highest BCUT2D eigenvalue weighted by molar-refractivity contribution is 9.10. The minimum absolute atomic E-state index is 0. The second-order valence-electron chi connectivity index (χ2n) is 5.52. The van der Waals surface area contributed by atoms with Crippen LogP contribution in [0.25, 0.3) is 0 Å². The minimum Gasteiger partial charge on any atom is -0.314 e. The Morgan fingerprint density at radius 3 is 2.73 bits per heavy atom. The highest BCUT2D eigenvalue weighted by Crippen LogP contribution is 2.33. The van der Waals surface area contributed by atoms with Crippen molar-refractivity contribution in [1.82, 2.24) is 10.2 Å². The first-order chi connectivity index (χ1) is 10.2.